The maximum absolute atomic E-state index is 12.7. The van der Waals surface area contributed by atoms with Crippen molar-refractivity contribution >= 4 is 21.7 Å². The Morgan fingerprint density at radius 2 is 2.04 bits per heavy atom. The van der Waals surface area contributed by atoms with Gasteiger partial charge in [0.2, 0.25) is 10.0 Å². The third kappa shape index (κ3) is 4.34. The number of para-hydroxylation sites is 1. The van der Waals surface area contributed by atoms with E-state index in [-0.39, 0.29) is 12.3 Å². The minimum Gasteiger partial charge on any atom is -0.357 e. The number of hydrogen-bond donors (Lipinski definition) is 2. The number of anilines is 1. The first-order valence-corrected chi connectivity index (χ1v) is 10.5. The standard InChI is InChI=1S/C18H26N4O2S/c1-2-19-18(21-16-8-4-5-9-16)20-12-14-25(23,24)22-13-11-15-7-3-6-10-17(15)22/h3-7,10,16H,2,8-9,11-14H2,1H3,(H2,19,20,21). The van der Waals surface area contributed by atoms with E-state index in [2.05, 4.69) is 27.8 Å². The molecule has 0 aromatic heterocycles. The molecule has 0 saturated heterocycles. The van der Waals surface area contributed by atoms with Crippen molar-refractivity contribution in [3.05, 3.63) is 42.0 Å². The number of sulfonamides is 1. The number of guanidine groups is 1. The zero-order valence-electron chi connectivity index (χ0n) is 14.6. The summed E-state index contributed by atoms with van der Waals surface area (Å²) in [6.45, 7) is 3.52. The van der Waals surface area contributed by atoms with Crippen LogP contribution in [-0.4, -0.2) is 45.8 Å². The molecule has 25 heavy (non-hydrogen) atoms. The molecular formula is C18H26N4O2S. The first-order valence-electron chi connectivity index (χ1n) is 8.88. The van der Waals surface area contributed by atoms with Crippen molar-refractivity contribution in [3.63, 3.8) is 0 Å². The maximum atomic E-state index is 12.7. The largest absolute Gasteiger partial charge is 0.357 e. The van der Waals surface area contributed by atoms with Crippen molar-refractivity contribution in [2.24, 2.45) is 4.99 Å². The van der Waals surface area contributed by atoms with E-state index in [4.69, 9.17) is 0 Å². The molecular weight excluding hydrogens is 336 g/mol. The topological polar surface area (TPSA) is 73.8 Å². The van der Waals surface area contributed by atoms with Gasteiger partial charge < -0.3 is 10.6 Å². The van der Waals surface area contributed by atoms with Crippen LogP contribution in [0.5, 0.6) is 0 Å². The van der Waals surface area contributed by atoms with Gasteiger partial charge in [-0.15, -0.1) is 0 Å². The van der Waals surface area contributed by atoms with Gasteiger partial charge in [0.05, 0.1) is 18.0 Å². The van der Waals surface area contributed by atoms with Gasteiger partial charge in [0.25, 0.3) is 0 Å². The van der Waals surface area contributed by atoms with E-state index in [9.17, 15) is 8.42 Å². The quantitative estimate of drug-likeness (QED) is 0.458. The van der Waals surface area contributed by atoms with Gasteiger partial charge in [0, 0.05) is 19.1 Å². The van der Waals surface area contributed by atoms with E-state index in [0.29, 0.717) is 18.5 Å². The number of nitrogens with one attached hydrogen (secondary N) is 2. The molecule has 0 unspecified atom stereocenters. The number of hydrogen-bond acceptors (Lipinski definition) is 3. The summed E-state index contributed by atoms with van der Waals surface area (Å²) in [4.78, 5) is 4.45. The minimum atomic E-state index is -3.35. The summed E-state index contributed by atoms with van der Waals surface area (Å²) in [6, 6.07) is 8.05. The van der Waals surface area contributed by atoms with Gasteiger partial charge in [-0.2, -0.15) is 0 Å². The average Bonchev–Trinajstić information content (AvgIpc) is 3.24. The van der Waals surface area contributed by atoms with Gasteiger partial charge in [0.1, 0.15) is 0 Å². The fraction of sp³-hybridized carbons (Fsp3) is 0.500. The summed E-state index contributed by atoms with van der Waals surface area (Å²) >= 11 is 0. The molecule has 1 aliphatic carbocycles. The van der Waals surface area contributed by atoms with Crippen LogP contribution < -0.4 is 14.9 Å². The number of fused-ring (bicyclic) bond motifs is 1. The van der Waals surface area contributed by atoms with Gasteiger partial charge in [0.15, 0.2) is 5.96 Å². The van der Waals surface area contributed by atoms with Crippen molar-refractivity contribution in [3.8, 4) is 0 Å². The Hall–Kier alpha value is -2.02. The van der Waals surface area contributed by atoms with Crippen LogP contribution in [0, 0.1) is 0 Å². The molecule has 0 atom stereocenters. The molecule has 0 fully saturated rings. The van der Waals surface area contributed by atoms with Crippen molar-refractivity contribution in [2.75, 3.05) is 29.7 Å². The molecule has 2 N–H and O–H groups in total. The highest BCUT2D eigenvalue weighted by molar-refractivity contribution is 7.92. The van der Waals surface area contributed by atoms with Crippen molar-refractivity contribution < 1.29 is 8.42 Å². The molecule has 7 heteroatoms. The SMILES string of the molecule is CCNC(=NCCS(=O)(=O)N1CCc2ccccc21)NC1CC=CC1. The third-order valence-electron chi connectivity index (χ3n) is 4.49. The molecule has 1 aliphatic heterocycles. The van der Waals surface area contributed by atoms with E-state index in [1.807, 2.05) is 31.2 Å². The zero-order chi connectivity index (χ0) is 17.7. The predicted molar refractivity (Wildman–Crippen MR) is 103 cm³/mol. The monoisotopic (exact) mass is 362 g/mol. The normalized spacial score (nSPS) is 17.8. The van der Waals surface area contributed by atoms with Crippen LogP contribution in [0.3, 0.4) is 0 Å². The van der Waals surface area contributed by atoms with Crippen molar-refractivity contribution in [2.45, 2.75) is 32.2 Å². The Balaban J connectivity index is 1.61. The molecule has 136 valence electrons. The molecule has 0 radical (unpaired) electrons. The van der Waals surface area contributed by atoms with Gasteiger partial charge >= 0.3 is 0 Å². The van der Waals surface area contributed by atoms with E-state index in [1.165, 1.54) is 4.31 Å². The second-order valence-electron chi connectivity index (χ2n) is 6.31. The van der Waals surface area contributed by atoms with Crippen LogP contribution in [0.25, 0.3) is 0 Å². The molecule has 0 spiro atoms. The molecule has 0 saturated carbocycles. The van der Waals surface area contributed by atoms with Crippen LogP contribution in [0.1, 0.15) is 25.3 Å². The van der Waals surface area contributed by atoms with Gasteiger partial charge in [-0.1, -0.05) is 30.4 Å². The zero-order valence-corrected chi connectivity index (χ0v) is 15.4. The summed E-state index contributed by atoms with van der Waals surface area (Å²) in [5, 5.41) is 6.54. The smallest absolute Gasteiger partial charge is 0.237 e. The Bertz CT molecular complexity index is 750. The van der Waals surface area contributed by atoms with Crippen molar-refractivity contribution in [1.82, 2.24) is 10.6 Å². The van der Waals surface area contributed by atoms with Crippen LogP contribution in [0.2, 0.25) is 0 Å². The summed E-state index contributed by atoms with van der Waals surface area (Å²) < 4.78 is 26.9. The van der Waals surface area contributed by atoms with E-state index < -0.39 is 10.0 Å². The van der Waals surface area contributed by atoms with Crippen LogP contribution in [0.15, 0.2) is 41.4 Å². The lowest BCUT2D eigenvalue weighted by Crippen LogP contribution is -2.43. The Kier molecular flexibility index (Phi) is 5.63. The summed E-state index contributed by atoms with van der Waals surface area (Å²) in [5.74, 6) is 0.703. The second-order valence-corrected chi connectivity index (χ2v) is 8.32. The summed E-state index contributed by atoms with van der Waals surface area (Å²) in [5.41, 5.74) is 1.91. The number of nitrogens with zero attached hydrogens (tertiary/aromatic N) is 2. The lowest BCUT2D eigenvalue weighted by molar-refractivity contribution is 0.592. The van der Waals surface area contributed by atoms with Gasteiger partial charge in [-0.3, -0.25) is 9.30 Å². The fourth-order valence-corrected chi connectivity index (χ4v) is 4.62. The van der Waals surface area contributed by atoms with Crippen LogP contribution >= 0.6 is 0 Å². The Morgan fingerprint density at radius 3 is 2.80 bits per heavy atom. The molecule has 1 aromatic rings. The van der Waals surface area contributed by atoms with E-state index in [0.717, 1.165) is 37.1 Å². The Labute approximate surface area is 150 Å². The Morgan fingerprint density at radius 1 is 1.28 bits per heavy atom. The summed E-state index contributed by atoms with van der Waals surface area (Å²) in [6.07, 6.45) is 7.03. The van der Waals surface area contributed by atoms with E-state index >= 15 is 0 Å². The highest BCUT2D eigenvalue weighted by Crippen LogP contribution is 2.29. The summed E-state index contributed by atoms with van der Waals surface area (Å²) in [7, 11) is -3.35. The predicted octanol–water partition coefficient (Wildman–Crippen LogP) is 1.65. The third-order valence-corrected chi connectivity index (χ3v) is 6.24. The van der Waals surface area contributed by atoms with Gasteiger partial charge in [-0.25, -0.2) is 8.42 Å². The molecule has 0 amide bonds. The molecule has 0 bridgehead atoms. The number of aliphatic imine (C=N–C) groups is 1. The lowest BCUT2D eigenvalue weighted by atomic mass is 10.2. The molecule has 1 heterocycles. The molecule has 3 rings (SSSR count). The average molecular weight is 362 g/mol. The number of benzene rings is 1. The fourth-order valence-electron chi connectivity index (χ4n) is 3.23. The van der Waals surface area contributed by atoms with Crippen LogP contribution in [0.4, 0.5) is 5.69 Å². The van der Waals surface area contributed by atoms with Crippen LogP contribution in [-0.2, 0) is 16.4 Å². The molecule has 2 aliphatic rings. The van der Waals surface area contributed by atoms with Gasteiger partial charge in [-0.05, 0) is 37.8 Å². The lowest BCUT2D eigenvalue weighted by Gasteiger charge is -2.19. The second kappa shape index (κ2) is 7.91. The maximum Gasteiger partial charge on any atom is 0.237 e. The highest BCUT2D eigenvalue weighted by Gasteiger charge is 2.28. The molecule has 6 nitrogen and oxygen atoms in total. The van der Waals surface area contributed by atoms with E-state index in [1.54, 1.807) is 0 Å². The number of rotatable bonds is 6. The minimum absolute atomic E-state index is 0.0147. The first kappa shape index (κ1) is 17.8. The first-order chi connectivity index (χ1) is 12.1. The molecule has 1 aromatic carbocycles. The van der Waals surface area contributed by atoms with Crippen molar-refractivity contribution in [1.29, 1.82) is 0 Å². The highest BCUT2D eigenvalue weighted by atomic mass is 32.2.